The quantitative estimate of drug-likeness (QED) is 0.704. The minimum absolute atomic E-state index is 0.471. The summed E-state index contributed by atoms with van der Waals surface area (Å²) >= 11 is 5.65. The van der Waals surface area contributed by atoms with Crippen LogP contribution in [0, 0.1) is 0 Å². The Morgan fingerprint density at radius 1 is 1.36 bits per heavy atom. The number of hydrogen-bond donors (Lipinski definition) is 0. The Bertz CT molecular complexity index is 261. The Morgan fingerprint density at radius 3 is 2.50 bits per heavy atom. The second-order valence-electron chi connectivity index (χ2n) is 3.30. The summed E-state index contributed by atoms with van der Waals surface area (Å²) in [5.74, 6) is 1.24. The van der Waals surface area contributed by atoms with Gasteiger partial charge >= 0.3 is 0 Å². The highest BCUT2D eigenvalue weighted by molar-refractivity contribution is 6.17. The lowest BCUT2D eigenvalue weighted by molar-refractivity contribution is 0.749. The van der Waals surface area contributed by atoms with Gasteiger partial charge in [-0.15, -0.1) is 11.6 Å². The molecule has 0 aromatic carbocycles. The molecule has 4 heteroatoms. The molecule has 1 rings (SSSR count). The number of rotatable bonds is 5. The van der Waals surface area contributed by atoms with Gasteiger partial charge in [0, 0.05) is 31.5 Å². The van der Waals surface area contributed by atoms with Gasteiger partial charge in [0.25, 0.3) is 0 Å². The highest BCUT2D eigenvalue weighted by Crippen LogP contribution is 2.07. The van der Waals surface area contributed by atoms with Crippen molar-refractivity contribution in [3.05, 3.63) is 18.0 Å². The van der Waals surface area contributed by atoms with Crippen molar-refractivity contribution in [2.45, 2.75) is 25.6 Å². The zero-order valence-corrected chi connectivity index (χ0v) is 9.46. The van der Waals surface area contributed by atoms with Crippen LogP contribution in [-0.2, 0) is 5.88 Å². The molecule has 0 unspecified atom stereocenters. The van der Waals surface area contributed by atoms with Crippen LogP contribution in [0.3, 0.4) is 0 Å². The summed E-state index contributed by atoms with van der Waals surface area (Å²) < 4.78 is 0. The average Bonchev–Trinajstić information content (AvgIpc) is 2.26. The Kier molecular flexibility index (Phi) is 4.66. The monoisotopic (exact) mass is 213 g/mol. The van der Waals surface area contributed by atoms with E-state index in [2.05, 4.69) is 21.8 Å². The molecular weight excluding hydrogens is 198 g/mol. The van der Waals surface area contributed by atoms with Crippen LogP contribution >= 0.6 is 11.6 Å². The minimum Gasteiger partial charge on any atom is -0.344 e. The summed E-state index contributed by atoms with van der Waals surface area (Å²) in [4.78, 5) is 10.5. The van der Waals surface area contributed by atoms with Gasteiger partial charge in [0.2, 0.25) is 5.95 Å². The fourth-order valence-corrected chi connectivity index (χ4v) is 1.25. The third-order valence-corrected chi connectivity index (χ3v) is 2.34. The first kappa shape index (κ1) is 11.2. The van der Waals surface area contributed by atoms with Gasteiger partial charge in [-0.1, -0.05) is 13.3 Å². The summed E-state index contributed by atoms with van der Waals surface area (Å²) in [7, 11) is 2.01. The minimum atomic E-state index is 0.471. The zero-order chi connectivity index (χ0) is 10.4. The fourth-order valence-electron chi connectivity index (χ4n) is 1.11. The smallest absolute Gasteiger partial charge is 0.224 e. The molecule has 1 heterocycles. The van der Waals surface area contributed by atoms with Crippen molar-refractivity contribution in [1.29, 1.82) is 0 Å². The molecule has 0 saturated heterocycles. The van der Waals surface area contributed by atoms with Crippen LogP contribution in [0.1, 0.15) is 25.3 Å². The summed E-state index contributed by atoms with van der Waals surface area (Å²) in [6.45, 7) is 3.17. The van der Waals surface area contributed by atoms with Gasteiger partial charge in [0.15, 0.2) is 0 Å². The van der Waals surface area contributed by atoms with Gasteiger partial charge in [-0.2, -0.15) is 0 Å². The standard InChI is InChI=1S/C10H16ClN3/c1-3-4-5-14(2)10-12-7-9(6-11)8-13-10/h7-8H,3-6H2,1-2H3. The molecule has 0 aliphatic heterocycles. The maximum atomic E-state index is 5.65. The number of hydrogen-bond acceptors (Lipinski definition) is 3. The Labute approximate surface area is 90.1 Å². The van der Waals surface area contributed by atoms with E-state index < -0.39 is 0 Å². The summed E-state index contributed by atoms with van der Waals surface area (Å²) in [5, 5.41) is 0. The summed E-state index contributed by atoms with van der Waals surface area (Å²) in [6.07, 6.45) is 5.90. The van der Waals surface area contributed by atoms with E-state index in [9.17, 15) is 0 Å². The second-order valence-corrected chi connectivity index (χ2v) is 3.57. The molecule has 14 heavy (non-hydrogen) atoms. The molecule has 0 amide bonds. The predicted octanol–water partition coefficient (Wildman–Crippen LogP) is 2.45. The van der Waals surface area contributed by atoms with E-state index in [1.807, 2.05) is 7.05 Å². The van der Waals surface area contributed by atoms with Gasteiger partial charge in [0.1, 0.15) is 0 Å². The molecular formula is C10H16ClN3. The SMILES string of the molecule is CCCCN(C)c1ncc(CCl)cn1. The van der Waals surface area contributed by atoms with Gasteiger partial charge < -0.3 is 4.90 Å². The largest absolute Gasteiger partial charge is 0.344 e. The summed E-state index contributed by atoms with van der Waals surface area (Å²) in [5.41, 5.74) is 0.958. The molecule has 0 fully saturated rings. The van der Waals surface area contributed by atoms with Crippen LogP contribution in [0.2, 0.25) is 0 Å². The molecule has 0 atom stereocenters. The van der Waals surface area contributed by atoms with Crippen LogP contribution in [0.15, 0.2) is 12.4 Å². The van der Waals surface area contributed by atoms with Crippen molar-refractivity contribution in [3.63, 3.8) is 0 Å². The van der Waals surface area contributed by atoms with Gasteiger partial charge in [-0.25, -0.2) is 9.97 Å². The van der Waals surface area contributed by atoms with E-state index in [0.717, 1.165) is 24.5 Å². The average molecular weight is 214 g/mol. The van der Waals surface area contributed by atoms with Gasteiger partial charge in [-0.3, -0.25) is 0 Å². The van der Waals surface area contributed by atoms with Crippen LogP contribution in [-0.4, -0.2) is 23.6 Å². The van der Waals surface area contributed by atoms with Crippen molar-refractivity contribution in [1.82, 2.24) is 9.97 Å². The van der Waals surface area contributed by atoms with Crippen molar-refractivity contribution in [2.75, 3.05) is 18.5 Å². The van der Waals surface area contributed by atoms with Crippen LogP contribution in [0.25, 0.3) is 0 Å². The van der Waals surface area contributed by atoms with Crippen molar-refractivity contribution >= 4 is 17.5 Å². The van der Waals surface area contributed by atoms with Crippen molar-refractivity contribution in [3.8, 4) is 0 Å². The Morgan fingerprint density at radius 2 is 2.00 bits per heavy atom. The normalized spacial score (nSPS) is 10.2. The first-order valence-electron chi connectivity index (χ1n) is 4.86. The number of unbranched alkanes of at least 4 members (excludes halogenated alkanes) is 1. The maximum Gasteiger partial charge on any atom is 0.224 e. The van der Waals surface area contributed by atoms with Crippen LogP contribution < -0.4 is 4.90 Å². The molecule has 0 aliphatic rings. The number of nitrogens with zero attached hydrogens (tertiary/aromatic N) is 3. The van der Waals surface area contributed by atoms with Crippen LogP contribution in [0.5, 0.6) is 0 Å². The van der Waals surface area contributed by atoms with E-state index in [1.165, 1.54) is 6.42 Å². The molecule has 0 bridgehead atoms. The van der Waals surface area contributed by atoms with Crippen LogP contribution in [0.4, 0.5) is 5.95 Å². The molecule has 0 aliphatic carbocycles. The fraction of sp³-hybridized carbons (Fsp3) is 0.600. The molecule has 1 aromatic heterocycles. The molecule has 3 nitrogen and oxygen atoms in total. The van der Waals surface area contributed by atoms with E-state index in [0.29, 0.717) is 5.88 Å². The van der Waals surface area contributed by atoms with Crippen molar-refractivity contribution < 1.29 is 0 Å². The third kappa shape index (κ3) is 3.14. The summed E-state index contributed by atoms with van der Waals surface area (Å²) in [6, 6.07) is 0. The first-order chi connectivity index (χ1) is 6.77. The lowest BCUT2D eigenvalue weighted by atomic mass is 10.3. The number of halogens is 1. The Balaban J connectivity index is 2.57. The highest BCUT2D eigenvalue weighted by atomic mass is 35.5. The number of anilines is 1. The number of aromatic nitrogens is 2. The highest BCUT2D eigenvalue weighted by Gasteiger charge is 2.02. The van der Waals surface area contributed by atoms with E-state index in [1.54, 1.807) is 12.4 Å². The van der Waals surface area contributed by atoms with E-state index >= 15 is 0 Å². The molecule has 0 spiro atoms. The lowest BCUT2D eigenvalue weighted by Gasteiger charge is -2.15. The second kappa shape index (κ2) is 5.81. The van der Waals surface area contributed by atoms with E-state index in [4.69, 9.17) is 11.6 Å². The first-order valence-corrected chi connectivity index (χ1v) is 5.39. The van der Waals surface area contributed by atoms with Gasteiger partial charge in [0.05, 0.1) is 5.88 Å². The predicted molar refractivity (Wildman–Crippen MR) is 59.8 cm³/mol. The lowest BCUT2D eigenvalue weighted by Crippen LogP contribution is -2.20. The van der Waals surface area contributed by atoms with Gasteiger partial charge in [-0.05, 0) is 6.42 Å². The number of alkyl halides is 1. The molecule has 0 saturated carbocycles. The zero-order valence-electron chi connectivity index (χ0n) is 8.70. The molecule has 78 valence electrons. The topological polar surface area (TPSA) is 29.0 Å². The van der Waals surface area contributed by atoms with Crippen molar-refractivity contribution in [2.24, 2.45) is 0 Å². The Hall–Kier alpha value is -0.830. The molecule has 1 aromatic rings. The maximum absolute atomic E-state index is 5.65. The molecule has 0 radical (unpaired) electrons. The van der Waals surface area contributed by atoms with E-state index in [-0.39, 0.29) is 0 Å². The molecule has 0 N–H and O–H groups in total. The third-order valence-electron chi connectivity index (χ3n) is 2.03.